The van der Waals surface area contributed by atoms with Crippen molar-refractivity contribution >= 4 is 31.6 Å². The van der Waals surface area contributed by atoms with Gasteiger partial charge in [-0.3, -0.25) is 4.72 Å². The van der Waals surface area contributed by atoms with Gasteiger partial charge in [-0.25, -0.2) is 17.2 Å². The monoisotopic (exact) mass is 361 g/mol. The molecule has 0 aliphatic heterocycles. The van der Waals surface area contributed by atoms with E-state index in [4.69, 9.17) is 0 Å². The van der Waals surface area contributed by atoms with Crippen molar-refractivity contribution < 1.29 is 17.2 Å². The van der Waals surface area contributed by atoms with Crippen LogP contribution in [0.15, 0.2) is 45.8 Å². The Hall–Kier alpha value is -1.47. The van der Waals surface area contributed by atoms with Crippen LogP contribution in [0.2, 0.25) is 0 Å². The summed E-state index contributed by atoms with van der Waals surface area (Å²) in [5.41, 5.74) is 0.0272. The molecule has 0 saturated heterocycles. The molecule has 3 nitrogen and oxygen atoms in total. The molecule has 0 radical (unpaired) electrons. The summed E-state index contributed by atoms with van der Waals surface area (Å²) in [4.78, 5) is -0.126. The maximum absolute atomic E-state index is 13.6. The number of nitrogens with one attached hydrogen (secondary N) is 1. The van der Waals surface area contributed by atoms with Crippen LogP contribution in [0.1, 0.15) is 5.56 Å². The molecule has 0 fully saturated rings. The smallest absolute Gasteiger partial charge is 0.261 e. The van der Waals surface area contributed by atoms with Crippen LogP contribution in [0.3, 0.4) is 0 Å². The van der Waals surface area contributed by atoms with E-state index in [0.29, 0.717) is 4.47 Å². The molecule has 2 aromatic rings. The number of aryl methyl sites for hydroxylation is 1. The van der Waals surface area contributed by atoms with Crippen LogP contribution >= 0.6 is 15.9 Å². The Labute approximate surface area is 123 Å². The second-order valence-corrected chi connectivity index (χ2v) is 6.74. The van der Waals surface area contributed by atoms with Crippen molar-refractivity contribution in [3.63, 3.8) is 0 Å². The highest BCUT2D eigenvalue weighted by Gasteiger charge is 2.17. The van der Waals surface area contributed by atoms with E-state index in [2.05, 4.69) is 20.7 Å². The third-order valence-corrected chi connectivity index (χ3v) is 4.47. The van der Waals surface area contributed by atoms with Gasteiger partial charge in [-0.05, 0) is 48.9 Å². The van der Waals surface area contributed by atoms with E-state index in [1.54, 1.807) is 0 Å². The van der Waals surface area contributed by atoms with Crippen molar-refractivity contribution in [3.8, 4) is 0 Å². The average Bonchev–Trinajstić information content (AvgIpc) is 2.36. The van der Waals surface area contributed by atoms with Crippen LogP contribution < -0.4 is 4.72 Å². The van der Waals surface area contributed by atoms with E-state index in [0.717, 1.165) is 18.2 Å². The van der Waals surface area contributed by atoms with E-state index in [9.17, 15) is 17.2 Å². The molecule has 20 heavy (non-hydrogen) atoms. The molecule has 0 heterocycles. The summed E-state index contributed by atoms with van der Waals surface area (Å²) in [6, 6.07) is 7.33. The van der Waals surface area contributed by atoms with Gasteiger partial charge in [0.2, 0.25) is 0 Å². The predicted molar refractivity (Wildman–Crippen MR) is 76.0 cm³/mol. The molecule has 0 atom stereocenters. The molecule has 106 valence electrons. The van der Waals surface area contributed by atoms with Crippen molar-refractivity contribution in [2.45, 2.75) is 11.8 Å². The summed E-state index contributed by atoms with van der Waals surface area (Å²) >= 11 is 3.08. The molecule has 0 amide bonds. The average molecular weight is 362 g/mol. The van der Waals surface area contributed by atoms with Gasteiger partial charge in [-0.15, -0.1) is 0 Å². The van der Waals surface area contributed by atoms with Crippen molar-refractivity contribution in [2.75, 3.05) is 4.72 Å². The fourth-order valence-corrected chi connectivity index (χ4v) is 3.05. The lowest BCUT2D eigenvalue weighted by Gasteiger charge is -2.10. The summed E-state index contributed by atoms with van der Waals surface area (Å²) in [5.74, 6) is -1.21. The topological polar surface area (TPSA) is 46.2 Å². The third kappa shape index (κ3) is 3.16. The van der Waals surface area contributed by atoms with Crippen LogP contribution in [0, 0.1) is 18.6 Å². The molecule has 0 aromatic heterocycles. The second kappa shape index (κ2) is 5.49. The Kier molecular flexibility index (Phi) is 4.10. The number of benzene rings is 2. The molecule has 0 spiro atoms. The zero-order chi connectivity index (χ0) is 14.9. The van der Waals surface area contributed by atoms with Gasteiger partial charge in [0.05, 0.1) is 10.6 Å². The van der Waals surface area contributed by atoms with Gasteiger partial charge in [0.15, 0.2) is 0 Å². The Morgan fingerprint density at radius 1 is 1.05 bits per heavy atom. The predicted octanol–water partition coefficient (Wildman–Crippen LogP) is 3.84. The zero-order valence-electron chi connectivity index (χ0n) is 10.3. The first-order chi connectivity index (χ1) is 9.29. The largest absolute Gasteiger partial charge is 0.277 e. The normalized spacial score (nSPS) is 11.4. The lowest BCUT2D eigenvalue weighted by atomic mass is 10.2. The Morgan fingerprint density at radius 3 is 2.35 bits per heavy atom. The number of rotatable bonds is 3. The number of hydrogen-bond acceptors (Lipinski definition) is 2. The first-order valence-corrected chi connectivity index (χ1v) is 7.81. The van der Waals surface area contributed by atoms with Crippen LogP contribution in [0.5, 0.6) is 0 Å². The number of halogens is 3. The lowest BCUT2D eigenvalue weighted by Crippen LogP contribution is -2.14. The molecular formula is C13H10BrF2NO2S. The summed E-state index contributed by atoms with van der Waals surface area (Å²) < 4.78 is 53.6. The number of sulfonamides is 1. The number of anilines is 1. The van der Waals surface area contributed by atoms with Crippen molar-refractivity contribution in [1.82, 2.24) is 0 Å². The molecule has 7 heteroatoms. The van der Waals surface area contributed by atoms with Crippen LogP contribution in [-0.4, -0.2) is 8.42 Å². The quantitative estimate of drug-likeness (QED) is 0.902. The molecule has 2 aromatic carbocycles. The van der Waals surface area contributed by atoms with Gasteiger partial charge >= 0.3 is 0 Å². The van der Waals surface area contributed by atoms with E-state index in [1.807, 2.05) is 0 Å². The minimum atomic E-state index is -3.96. The molecule has 2 rings (SSSR count). The standard InChI is InChI=1S/C13H10BrF2NO2S/c1-8-6-10(3-4-11(8)15)20(18,19)17-13-5-2-9(14)7-12(13)16/h2-7,17H,1H3. The Balaban J connectivity index is 2.38. The fraction of sp³-hybridized carbons (Fsp3) is 0.0769. The third-order valence-electron chi connectivity index (χ3n) is 2.62. The van der Waals surface area contributed by atoms with Gasteiger partial charge in [-0.2, -0.15) is 0 Å². The van der Waals surface area contributed by atoms with Gasteiger partial charge in [0.1, 0.15) is 11.6 Å². The van der Waals surface area contributed by atoms with E-state index < -0.39 is 21.7 Å². The first-order valence-electron chi connectivity index (χ1n) is 5.53. The summed E-state index contributed by atoms with van der Waals surface area (Å²) in [7, 11) is -3.96. The van der Waals surface area contributed by atoms with Gasteiger partial charge < -0.3 is 0 Å². The minimum absolute atomic E-state index is 0.126. The van der Waals surface area contributed by atoms with Crippen molar-refractivity contribution in [1.29, 1.82) is 0 Å². The van der Waals surface area contributed by atoms with Crippen LogP contribution in [0.4, 0.5) is 14.5 Å². The summed E-state index contributed by atoms with van der Waals surface area (Å²) in [6.07, 6.45) is 0. The maximum atomic E-state index is 13.6. The van der Waals surface area contributed by atoms with E-state index >= 15 is 0 Å². The Morgan fingerprint density at radius 2 is 1.75 bits per heavy atom. The van der Waals surface area contributed by atoms with Crippen LogP contribution in [-0.2, 0) is 10.0 Å². The summed E-state index contributed by atoms with van der Waals surface area (Å²) in [6.45, 7) is 1.45. The highest BCUT2D eigenvalue weighted by molar-refractivity contribution is 9.10. The lowest BCUT2D eigenvalue weighted by molar-refractivity contribution is 0.596. The van der Waals surface area contributed by atoms with E-state index in [-0.39, 0.29) is 16.1 Å². The number of hydrogen-bond donors (Lipinski definition) is 1. The van der Waals surface area contributed by atoms with Crippen LogP contribution in [0.25, 0.3) is 0 Å². The first kappa shape index (κ1) is 14.9. The molecule has 0 bridgehead atoms. The summed E-state index contributed by atoms with van der Waals surface area (Å²) in [5, 5.41) is 0. The second-order valence-electron chi connectivity index (χ2n) is 4.14. The molecule has 0 aliphatic carbocycles. The fourth-order valence-electron chi connectivity index (χ4n) is 1.56. The molecular weight excluding hydrogens is 352 g/mol. The molecule has 1 N–H and O–H groups in total. The van der Waals surface area contributed by atoms with Crippen molar-refractivity contribution in [3.05, 3.63) is 58.1 Å². The highest BCUT2D eigenvalue weighted by Crippen LogP contribution is 2.23. The van der Waals surface area contributed by atoms with Gasteiger partial charge in [0.25, 0.3) is 10.0 Å². The van der Waals surface area contributed by atoms with Gasteiger partial charge in [0, 0.05) is 4.47 Å². The van der Waals surface area contributed by atoms with E-state index in [1.165, 1.54) is 25.1 Å². The molecule has 0 aliphatic rings. The zero-order valence-corrected chi connectivity index (χ0v) is 12.7. The molecule has 0 saturated carbocycles. The maximum Gasteiger partial charge on any atom is 0.261 e. The Bertz CT molecular complexity index is 763. The SMILES string of the molecule is Cc1cc(S(=O)(=O)Nc2ccc(Br)cc2F)ccc1F. The van der Waals surface area contributed by atoms with Gasteiger partial charge in [-0.1, -0.05) is 15.9 Å². The highest BCUT2D eigenvalue weighted by atomic mass is 79.9. The molecule has 0 unspecified atom stereocenters. The minimum Gasteiger partial charge on any atom is -0.277 e. The van der Waals surface area contributed by atoms with Crippen molar-refractivity contribution in [2.24, 2.45) is 0 Å².